The molecule has 0 aromatic carbocycles. The monoisotopic (exact) mass is 189 g/mol. The van der Waals surface area contributed by atoms with Gasteiger partial charge >= 0.3 is 0 Å². The number of hydrogen-bond acceptors (Lipinski definition) is 3. The molecule has 2 N–H and O–H groups in total. The fourth-order valence-corrected chi connectivity index (χ4v) is 0.406. The summed E-state index contributed by atoms with van der Waals surface area (Å²) < 4.78 is 25.9. The van der Waals surface area contributed by atoms with Gasteiger partial charge in [0.15, 0.2) is 0 Å². The molecule has 0 spiro atoms. The molecule has 0 aliphatic carbocycles. The van der Waals surface area contributed by atoms with Crippen molar-refractivity contribution in [1.82, 2.24) is 5.32 Å². The van der Waals surface area contributed by atoms with E-state index in [1.807, 2.05) is 36.7 Å². The number of rotatable bonds is 0. The Morgan fingerprint density at radius 3 is 1.75 bits per heavy atom. The van der Waals surface area contributed by atoms with Gasteiger partial charge in [0.05, 0.1) is 6.26 Å². The molecule has 5 heteroatoms. The van der Waals surface area contributed by atoms with Crippen LogP contribution in [0.25, 0.3) is 0 Å². The molecule has 4 nitrogen and oxygen atoms in total. The molecule has 1 aliphatic heterocycles. The van der Waals surface area contributed by atoms with Crippen LogP contribution < -0.4 is 5.32 Å². The van der Waals surface area contributed by atoms with Gasteiger partial charge in [0.25, 0.3) is 10.1 Å². The van der Waals surface area contributed by atoms with E-state index in [2.05, 4.69) is 5.32 Å². The van der Waals surface area contributed by atoms with Crippen molar-refractivity contribution in [2.75, 3.05) is 6.26 Å². The van der Waals surface area contributed by atoms with E-state index in [0.717, 1.165) is 0 Å². The molecule has 1 aliphatic rings. The van der Waals surface area contributed by atoms with Crippen LogP contribution in [0.5, 0.6) is 0 Å². The molecule has 12 heavy (non-hydrogen) atoms. The summed E-state index contributed by atoms with van der Waals surface area (Å²) in [6.07, 6.45) is 12.3. The highest BCUT2D eigenvalue weighted by Gasteiger charge is 1.81. The fraction of sp³-hybridized carbons (Fsp3) is 0.143. The minimum Gasteiger partial charge on any atom is -0.368 e. The van der Waals surface area contributed by atoms with E-state index in [0.29, 0.717) is 6.26 Å². The van der Waals surface area contributed by atoms with Crippen molar-refractivity contribution in [3.8, 4) is 0 Å². The Kier molecular flexibility index (Phi) is 5.07. The topological polar surface area (TPSA) is 66.4 Å². The predicted octanol–water partition coefficient (Wildman–Crippen LogP) is 0.677. The average Bonchev–Trinajstić information content (AvgIpc) is 2.10. The highest BCUT2D eigenvalue weighted by atomic mass is 32.2. The first kappa shape index (κ1) is 10.9. The molecule has 1 rings (SSSR count). The van der Waals surface area contributed by atoms with Crippen LogP contribution in [0.1, 0.15) is 0 Å². The van der Waals surface area contributed by atoms with Gasteiger partial charge < -0.3 is 5.32 Å². The molecule has 0 saturated heterocycles. The lowest BCUT2D eigenvalue weighted by Gasteiger charge is -1.79. The van der Waals surface area contributed by atoms with Crippen LogP contribution in [0.2, 0.25) is 0 Å². The van der Waals surface area contributed by atoms with Gasteiger partial charge in [-0.2, -0.15) is 8.42 Å². The molecule has 0 aromatic rings. The van der Waals surface area contributed by atoms with E-state index in [9.17, 15) is 8.42 Å². The Bertz CT molecular complexity index is 266. The average molecular weight is 189 g/mol. The van der Waals surface area contributed by atoms with Crippen molar-refractivity contribution in [3.63, 3.8) is 0 Å². The van der Waals surface area contributed by atoms with Gasteiger partial charge in [0.1, 0.15) is 0 Å². The van der Waals surface area contributed by atoms with Crippen molar-refractivity contribution in [2.24, 2.45) is 0 Å². The van der Waals surface area contributed by atoms with Gasteiger partial charge in [-0.1, -0.05) is 12.2 Å². The Morgan fingerprint density at radius 1 is 1.08 bits per heavy atom. The van der Waals surface area contributed by atoms with Gasteiger partial charge in [0.2, 0.25) is 0 Å². The summed E-state index contributed by atoms with van der Waals surface area (Å²) in [7, 11) is -3.67. The van der Waals surface area contributed by atoms with Gasteiger partial charge in [-0.05, 0) is 12.2 Å². The van der Waals surface area contributed by atoms with E-state index < -0.39 is 10.1 Å². The molecule has 0 saturated carbocycles. The Hall–Kier alpha value is -1.07. The van der Waals surface area contributed by atoms with Gasteiger partial charge in [0, 0.05) is 12.4 Å². The lowest BCUT2D eigenvalue weighted by Crippen LogP contribution is -1.88. The lowest BCUT2D eigenvalue weighted by molar-refractivity contribution is 0.490. The van der Waals surface area contributed by atoms with E-state index in [1.165, 1.54) is 0 Å². The van der Waals surface area contributed by atoms with E-state index in [1.54, 1.807) is 0 Å². The van der Waals surface area contributed by atoms with Crippen LogP contribution in [0.15, 0.2) is 36.7 Å². The summed E-state index contributed by atoms with van der Waals surface area (Å²) >= 11 is 0. The number of hydrogen-bond donors (Lipinski definition) is 2. The van der Waals surface area contributed by atoms with Crippen LogP contribution in [-0.4, -0.2) is 19.2 Å². The molecule has 0 unspecified atom stereocenters. The summed E-state index contributed by atoms with van der Waals surface area (Å²) in [5.41, 5.74) is 0. The zero-order chi connectivity index (χ0) is 9.45. The van der Waals surface area contributed by atoms with Gasteiger partial charge in [-0.15, -0.1) is 0 Å². The Morgan fingerprint density at radius 2 is 1.42 bits per heavy atom. The molecular formula is C7H11NO3S. The summed E-state index contributed by atoms with van der Waals surface area (Å²) in [6, 6.07) is 0. The normalized spacial score (nSPS) is 14.2. The number of nitrogens with one attached hydrogen (secondary N) is 1. The maximum atomic E-state index is 9.19. The third-order valence-electron chi connectivity index (χ3n) is 0.718. The minimum absolute atomic E-state index is 0.715. The quantitative estimate of drug-likeness (QED) is 0.550. The molecule has 0 radical (unpaired) electrons. The van der Waals surface area contributed by atoms with Crippen LogP contribution in [0, 0.1) is 0 Å². The first-order valence-corrected chi connectivity index (χ1v) is 5.02. The standard InChI is InChI=1S/C6H7N.CH4O3S/c1-2-4-6-7-5-3-1;1-5(2,3)4/h1-7H;1H3,(H,2,3,4). The zero-order valence-electron chi connectivity index (χ0n) is 6.64. The SMILES string of the molecule is C1=CC=CNC=C1.CS(=O)(=O)O. The van der Waals surface area contributed by atoms with Gasteiger partial charge in [-0.3, -0.25) is 4.55 Å². The molecule has 68 valence electrons. The summed E-state index contributed by atoms with van der Waals surface area (Å²) in [6.45, 7) is 0. The second-order valence-corrected chi connectivity index (χ2v) is 3.47. The molecule has 0 aromatic heterocycles. The molecule has 0 amide bonds. The molecule has 1 heterocycles. The highest BCUT2D eigenvalue weighted by molar-refractivity contribution is 7.85. The smallest absolute Gasteiger partial charge is 0.261 e. The zero-order valence-corrected chi connectivity index (χ0v) is 7.45. The minimum atomic E-state index is -3.67. The number of allylic oxidation sites excluding steroid dienone is 4. The van der Waals surface area contributed by atoms with Crippen molar-refractivity contribution in [3.05, 3.63) is 36.7 Å². The maximum absolute atomic E-state index is 9.19. The molecule has 0 atom stereocenters. The largest absolute Gasteiger partial charge is 0.368 e. The second kappa shape index (κ2) is 5.56. The molecular weight excluding hydrogens is 178 g/mol. The molecule has 0 fully saturated rings. The predicted molar refractivity (Wildman–Crippen MR) is 48.0 cm³/mol. The summed E-state index contributed by atoms with van der Waals surface area (Å²) in [5, 5.41) is 2.92. The van der Waals surface area contributed by atoms with E-state index in [-0.39, 0.29) is 0 Å². The van der Waals surface area contributed by atoms with Crippen molar-refractivity contribution in [2.45, 2.75) is 0 Å². The lowest BCUT2D eigenvalue weighted by atomic mass is 10.5. The summed E-state index contributed by atoms with van der Waals surface area (Å²) in [5.74, 6) is 0. The first-order valence-electron chi connectivity index (χ1n) is 3.17. The Balaban J connectivity index is 0.000000217. The first-order chi connectivity index (χ1) is 5.50. The van der Waals surface area contributed by atoms with Crippen LogP contribution >= 0.6 is 0 Å². The third-order valence-corrected chi connectivity index (χ3v) is 0.718. The van der Waals surface area contributed by atoms with Crippen molar-refractivity contribution in [1.29, 1.82) is 0 Å². The maximum Gasteiger partial charge on any atom is 0.261 e. The van der Waals surface area contributed by atoms with Crippen molar-refractivity contribution >= 4 is 10.1 Å². The van der Waals surface area contributed by atoms with Gasteiger partial charge in [-0.25, -0.2) is 0 Å². The second-order valence-electron chi connectivity index (χ2n) is 2.00. The van der Waals surface area contributed by atoms with Crippen LogP contribution in [-0.2, 0) is 10.1 Å². The van der Waals surface area contributed by atoms with E-state index >= 15 is 0 Å². The fourth-order valence-electron chi connectivity index (χ4n) is 0.406. The molecule has 0 bridgehead atoms. The summed E-state index contributed by atoms with van der Waals surface area (Å²) in [4.78, 5) is 0. The third kappa shape index (κ3) is 16.0. The highest BCUT2D eigenvalue weighted by Crippen LogP contribution is 1.81. The van der Waals surface area contributed by atoms with Crippen molar-refractivity contribution < 1.29 is 13.0 Å². The van der Waals surface area contributed by atoms with Crippen LogP contribution in [0.3, 0.4) is 0 Å². The van der Waals surface area contributed by atoms with E-state index in [4.69, 9.17) is 4.55 Å². The van der Waals surface area contributed by atoms with Crippen LogP contribution in [0.4, 0.5) is 0 Å². The Labute approximate surface area is 72.0 Å².